The molecule has 0 saturated carbocycles. The van der Waals surface area contributed by atoms with Crippen LogP contribution in [0.25, 0.3) is 11.0 Å². The van der Waals surface area contributed by atoms with Crippen molar-refractivity contribution in [3.63, 3.8) is 0 Å². The fourth-order valence-electron chi connectivity index (χ4n) is 3.14. The summed E-state index contributed by atoms with van der Waals surface area (Å²) in [5, 5.41) is 1.21. The maximum absolute atomic E-state index is 12.2. The number of pyridine rings is 1. The first-order valence-corrected chi connectivity index (χ1v) is 7.61. The van der Waals surface area contributed by atoms with Crippen molar-refractivity contribution in [2.75, 3.05) is 19.6 Å². The summed E-state index contributed by atoms with van der Waals surface area (Å²) >= 11 is 0. The smallest absolute Gasteiger partial charge is 0.226 e. The van der Waals surface area contributed by atoms with Crippen LogP contribution in [0.5, 0.6) is 0 Å². The van der Waals surface area contributed by atoms with Crippen LogP contribution in [0.2, 0.25) is 0 Å². The summed E-state index contributed by atoms with van der Waals surface area (Å²) < 4.78 is 0. The molecule has 5 nitrogen and oxygen atoms in total. The van der Waals surface area contributed by atoms with Gasteiger partial charge in [0.25, 0.3) is 0 Å². The Morgan fingerprint density at radius 2 is 2.29 bits per heavy atom. The third kappa shape index (κ3) is 2.65. The minimum absolute atomic E-state index is 0.0705. The Labute approximate surface area is 124 Å². The van der Waals surface area contributed by atoms with Crippen LogP contribution < -0.4 is 5.73 Å². The normalized spacial score (nSPS) is 18.1. The van der Waals surface area contributed by atoms with Gasteiger partial charge in [0.2, 0.25) is 5.91 Å². The number of aromatic amines is 1. The summed E-state index contributed by atoms with van der Waals surface area (Å²) in [6.07, 6.45) is 5.89. The molecule has 1 saturated heterocycles. The van der Waals surface area contributed by atoms with Gasteiger partial charge in [-0.2, -0.15) is 0 Å². The average Bonchev–Trinajstić information content (AvgIpc) is 2.97. The summed E-state index contributed by atoms with van der Waals surface area (Å²) in [5.74, 6) is 0.621. The summed E-state index contributed by atoms with van der Waals surface area (Å²) in [4.78, 5) is 21.7. The summed E-state index contributed by atoms with van der Waals surface area (Å²) in [5.41, 5.74) is 7.87. The molecule has 3 rings (SSSR count). The van der Waals surface area contributed by atoms with E-state index < -0.39 is 0 Å². The molecular weight excluding hydrogens is 264 g/mol. The first kappa shape index (κ1) is 14.1. The van der Waals surface area contributed by atoms with Gasteiger partial charge in [0.1, 0.15) is 5.65 Å². The predicted octanol–water partition coefficient (Wildman–Crippen LogP) is 1.86. The topological polar surface area (TPSA) is 75.0 Å². The number of rotatable bonds is 3. The number of likely N-dealkylation sites (tertiary alicyclic amines) is 1. The van der Waals surface area contributed by atoms with Crippen molar-refractivity contribution in [1.29, 1.82) is 0 Å². The van der Waals surface area contributed by atoms with Gasteiger partial charge in [0, 0.05) is 43.3 Å². The first-order chi connectivity index (χ1) is 10.2. The van der Waals surface area contributed by atoms with Crippen LogP contribution in [0.1, 0.15) is 31.2 Å². The highest BCUT2D eigenvalue weighted by Gasteiger charge is 2.27. The average molecular weight is 286 g/mol. The highest BCUT2D eigenvalue weighted by molar-refractivity contribution is 5.80. The third-order valence-electron chi connectivity index (χ3n) is 4.50. The zero-order valence-electron chi connectivity index (χ0n) is 12.4. The number of hydrogen-bond acceptors (Lipinski definition) is 3. The lowest BCUT2D eigenvalue weighted by molar-refractivity contribution is -0.135. The van der Waals surface area contributed by atoms with Gasteiger partial charge in [-0.05, 0) is 36.5 Å². The molecule has 1 amide bonds. The van der Waals surface area contributed by atoms with Crippen LogP contribution in [0.3, 0.4) is 0 Å². The number of nitrogens with one attached hydrogen (secondary N) is 1. The molecule has 3 N–H and O–H groups in total. The lowest BCUT2D eigenvalue weighted by Crippen LogP contribution is -2.42. The summed E-state index contributed by atoms with van der Waals surface area (Å²) in [7, 11) is 0. The number of nitrogens with zero attached hydrogens (tertiary/aromatic N) is 2. The number of fused-ring (bicyclic) bond motifs is 1. The SMILES string of the molecule is CC(CN)C(=O)N1CCC(c2c[nH]c3ncccc23)CC1. The van der Waals surface area contributed by atoms with E-state index in [-0.39, 0.29) is 11.8 Å². The van der Waals surface area contributed by atoms with E-state index in [1.807, 2.05) is 17.9 Å². The highest BCUT2D eigenvalue weighted by atomic mass is 16.2. The Balaban J connectivity index is 1.70. The van der Waals surface area contributed by atoms with Gasteiger partial charge in [-0.25, -0.2) is 4.98 Å². The van der Waals surface area contributed by atoms with Gasteiger partial charge in [-0.15, -0.1) is 0 Å². The lowest BCUT2D eigenvalue weighted by atomic mass is 9.89. The highest BCUT2D eigenvalue weighted by Crippen LogP contribution is 2.32. The molecule has 1 fully saturated rings. The lowest BCUT2D eigenvalue weighted by Gasteiger charge is -2.33. The second-order valence-corrected chi connectivity index (χ2v) is 5.88. The standard InChI is InChI=1S/C16H22N4O/c1-11(9-17)16(21)20-7-4-12(5-8-20)14-10-19-15-13(14)3-2-6-18-15/h2-3,6,10-12H,4-5,7-9,17H2,1H3,(H,18,19). The van der Waals surface area contributed by atoms with E-state index in [2.05, 4.69) is 22.2 Å². The molecule has 1 aliphatic heterocycles. The second kappa shape index (κ2) is 5.85. The van der Waals surface area contributed by atoms with E-state index in [1.165, 1.54) is 10.9 Å². The number of carbonyl (C=O) groups is 1. The maximum atomic E-state index is 12.2. The molecule has 0 aromatic carbocycles. The Hall–Kier alpha value is -1.88. The molecule has 0 bridgehead atoms. The van der Waals surface area contributed by atoms with Crippen molar-refractivity contribution in [3.05, 3.63) is 30.1 Å². The Kier molecular flexibility index (Phi) is 3.92. The van der Waals surface area contributed by atoms with Gasteiger partial charge in [-0.1, -0.05) is 6.92 Å². The minimum Gasteiger partial charge on any atom is -0.346 e. The summed E-state index contributed by atoms with van der Waals surface area (Å²) in [6, 6.07) is 4.09. The van der Waals surface area contributed by atoms with Crippen LogP contribution in [-0.2, 0) is 4.79 Å². The van der Waals surface area contributed by atoms with Gasteiger partial charge in [0.05, 0.1) is 0 Å². The zero-order valence-corrected chi connectivity index (χ0v) is 12.4. The largest absolute Gasteiger partial charge is 0.346 e. The van der Waals surface area contributed by atoms with E-state index in [4.69, 9.17) is 5.73 Å². The molecule has 21 heavy (non-hydrogen) atoms. The van der Waals surface area contributed by atoms with Crippen LogP contribution in [0.4, 0.5) is 0 Å². The molecule has 1 unspecified atom stereocenters. The van der Waals surface area contributed by atoms with E-state index >= 15 is 0 Å². The quantitative estimate of drug-likeness (QED) is 0.904. The molecule has 3 heterocycles. The Bertz CT molecular complexity index is 628. The monoisotopic (exact) mass is 286 g/mol. The van der Waals surface area contributed by atoms with Gasteiger partial charge < -0.3 is 15.6 Å². The fourth-order valence-corrected chi connectivity index (χ4v) is 3.14. The predicted molar refractivity (Wildman–Crippen MR) is 82.9 cm³/mol. The van der Waals surface area contributed by atoms with Crippen LogP contribution in [0, 0.1) is 5.92 Å². The van der Waals surface area contributed by atoms with Crippen molar-refractivity contribution in [1.82, 2.24) is 14.9 Å². The Morgan fingerprint density at radius 3 is 3.00 bits per heavy atom. The van der Waals surface area contributed by atoms with Crippen LogP contribution >= 0.6 is 0 Å². The number of nitrogens with two attached hydrogens (primary N) is 1. The summed E-state index contributed by atoms with van der Waals surface area (Å²) in [6.45, 7) is 3.97. The van der Waals surface area contributed by atoms with Gasteiger partial charge in [-0.3, -0.25) is 4.79 Å². The van der Waals surface area contributed by atoms with Gasteiger partial charge in [0.15, 0.2) is 0 Å². The molecule has 112 valence electrons. The van der Waals surface area contributed by atoms with Crippen molar-refractivity contribution in [2.24, 2.45) is 11.7 Å². The van der Waals surface area contributed by atoms with Crippen molar-refractivity contribution >= 4 is 16.9 Å². The molecule has 0 aliphatic carbocycles. The number of H-pyrrole nitrogens is 1. The molecule has 1 atom stereocenters. The first-order valence-electron chi connectivity index (χ1n) is 7.61. The molecule has 0 spiro atoms. The zero-order chi connectivity index (χ0) is 14.8. The number of aromatic nitrogens is 2. The molecule has 0 radical (unpaired) electrons. The number of carbonyl (C=O) groups excluding carboxylic acids is 1. The van der Waals surface area contributed by atoms with Crippen LogP contribution in [0.15, 0.2) is 24.5 Å². The molecule has 5 heteroatoms. The molecule has 1 aliphatic rings. The molecular formula is C16H22N4O. The Morgan fingerprint density at radius 1 is 1.52 bits per heavy atom. The van der Waals surface area contributed by atoms with E-state index in [1.54, 1.807) is 6.20 Å². The molecule has 2 aromatic rings. The van der Waals surface area contributed by atoms with E-state index in [0.29, 0.717) is 12.5 Å². The second-order valence-electron chi connectivity index (χ2n) is 5.88. The van der Waals surface area contributed by atoms with Crippen LogP contribution in [-0.4, -0.2) is 40.4 Å². The minimum atomic E-state index is -0.0705. The maximum Gasteiger partial charge on any atom is 0.226 e. The number of hydrogen-bond donors (Lipinski definition) is 2. The van der Waals surface area contributed by atoms with Gasteiger partial charge >= 0.3 is 0 Å². The van der Waals surface area contributed by atoms with Crippen molar-refractivity contribution in [3.8, 4) is 0 Å². The fraction of sp³-hybridized carbons (Fsp3) is 0.500. The van der Waals surface area contributed by atoms with Crippen molar-refractivity contribution < 1.29 is 4.79 Å². The van der Waals surface area contributed by atoms with Crippen molar-refractivity contribution in [2.45, 2.75) is 25.7 Å². The van der Waals surface area contributed by atoms with E-state index in [0.717, 1.165) is 31.6 Å². The third-order valence-corrected chi connectivity index (χ3v) is 4.50. The number of piperidine rings is 1. The molecule has 2 aromatic heterocycles. The number of amides is 1. The van der Waals surface area contributed by atoms with E-state index in [9.17, 15) is 4.79 Å².